The summed E-state index contributed by atoms with van der Waals surface area (Å²) in [6.45, 7) is 1.81. The Labute approximate surface area is 133 Å². The van der Waals surface area contributed by atoms with Crippen LogP contribution < -0.4 is 5.32 Å². The van der Waals surface area contributed by atoms with Crippen molar-refractivity contribution in [3.05, 3.63) is 58.9 Å². The quantitative estimate of drug-likeness (QED) is 0.861. The van der Waals surface area contributed by atoms with Gasteiger partial charge in [0.05, 0.1) is 0 Å². The topological polar surface area (TPSA) is 60.3 Å². The number of benzene rings is 1. The molecule has 0 saturated carbocycles. The maximum absolute atomic E-state index is 12.0. The second-order valence-corrected chi connectivity index (χ2v) is 5.27. The number of aryl methyl sites for hydroxylation is 1. The molecule has 1 amide bonds. The predicted octanol–water partition coefficient (Wildman–Crippen LogP) is 2.54. The van der Waals surface area contributed by atoms with Crippen LogP contribution in [0.15, 0.2) is 42.6 Å². The van der Waals surface area contributed by atoms with Crippen LogP contribution in [-0.2, 0) is 23.1 Å². The number of carbonyl (C=O) groups excluding carboxylic acids is 2. The molecule has 0 unspecified atom stereocenters. The molecule has 1 N–H and O–H groups in total. The number of ether oxygens (including phenoxy) is 1. The number of hydrogen-bond acceptors (Lipinski definition) is 3. The maximum Gasteiger partial charge on any atom is 0.355 e. The van der Waals surface area contributed by atoms with Gasteiger partial charge in [-0.2, -0.15) is 0 Å². The molecule has 2 aromatic rings. The summed E-state index contributed by atoms with van der Waals surface area (Å²) in [7, 11) is 1.73. The minimum absolute atomic E-state index is 0.282. The Hall–Kier alpha value is -2.27. The fraction of sp³-hybridized carbons (Fsp3) is 0.250. The summed E-state index contributed by atoms with van der Waals surface area (Å²) in [5.74, 6) is -0.907. The Bertz CT molecular complexity index is 682. The summed E-state index contributed by atoms with van der Waals surface area (Å²) in [5, 5.41) is 3.28. The average Bonchev–Trinajstić information content (AvgIpc) is 2.92. The van der Waals surface area contributed by atoms with Crippen LogP contribution in [0.1, 0.15) is 23.0 Å². The zero-order chi connectivity index (χ0) is 16.1. The van der Waals surface area contributed by atoms with E-state index in [-0.39, 0.29) is 12.5 Å². The lowest BCUT2D eigenvalue weighted by molar-refractivity contribution is -0.129. The largest absolute Gasteiger partial charge is 0.448 e. The maximum atomic E-state index is 12.0. The number of esters is 1. The first kappa shape index (κ1) is 16.1. The molecule has 1 heterocycles. The Morgan fingerprint density at radius 1 is 1.27 bits per heavy atom. The Kier molecular flexibility index (Phi) is 5.22. The van der Waals surface area contributed by atoms with E-state index < -0.39 is 12.1 Å². The van der Waals surface area contributed by atoms with Crippen LogP contribution in [0.2, 0.25) is 5.02 Å². The molecule has 1 aromatic heterocycles. The van der Waals surface area contributed by atoms with Crippen LogP contribution >= 0.6 is 11.6 Å². The van der Waals surface area contributed by atoms with Gasteiger partial charge in [-0.3, -0.25) is 4.79 Å². The Morgan fingerprint density at radius 2 is 2.00 bits per heavy atom. The van der Waals surface area contributed by atoms with Crippen molar-refractivity contribution in [2.24, 2.45) is 7.05 Å². The molecule has 0 saturated heterocycles. The van der Waals surface area contributed by atoms with Crippen molar-refractivity contribution >= 4 is 23.5 Å². The van der Waals surface area contributed by atoms with E-state index in [2.05, 4.69) is 5.32 Å². The lowest BCUT2D eigenvalue weighted by Gasteiger charge is -2.14. The molecule has 0 aliphatic carbocycles. The van der Waals surface area contributed by atoms with Crippen LogP contribution in [-0.4, -0.2) is 22.5 Å². The highest BCUT2D eigenvalue weighted by molar-refractivity contribution is 6.31. The van der Waals surface area contributed by atoms with Crippen LogP contribution in [0.25, 0.3) is 0 Å². The summed E-state index contributed by atoms with van der Waals surface area (Å²) in [5.41, 5.74) is 1.20. The highest BCUT2D eigenvalue weighted by Crippen LogP contribution is 2.14. The smallest absolute Gasteiger partial charge is 0.355 e. The van der Waals surface area contributed by atoms with Gasteiger partial charge in [-0.05, 0) is 30.7 Å². The molecule has 22 heavy (non-hydrogen) atoms. The number of hydrogen-bond donors (Lipinski definition) is 1. The van der Waals surface area contributed by atoms with E-state index in [1.54, 1.807) is 36.0 Å². The highest BCUT2D eigenvalue weighted by Gasteiger charge is 2.20. The summed E-state index contributed by atoms with van der Waals surface area (Å²) in [6, 6.07) is 10.6. The van der Waals surface area contributed by atoms with E-state index >= 15 is 0 Å². The number of carbonyl (C=O) groups is 2. The third-order valence-electron chi connectivity index (χ3n) is 3.22. The Balaban J connectivity index is 1.89. The van der Waals surface area contributed by atoms with Gasteiger partial charge < -0.3 is 14.6 Å². The van der Waals surface area contributed by atoms with Gasteiger partial charge in [-0.1, -0.05) is 29.8 Å². The number of rotatable bonds is 5. The van der Waals surface area contributed by atoms with E-state index in [1.807, 2.05) is 18.2 Å². The fourth-order valence-electron chi connectivity index (χ4n) is 1.92. The fourth-order valence-corrected chi connectivity index (χ4v) is 2.12. The van der Waals surface area contributed by atoms with Crippen molar-refractivity contribution in [1.82, 2.24) is 9.88 Å². The third-order valence-corrected chi connectivity index (χ3v) is 3.59. The number of amides is 1. The normalized spacial score (nSPS) is 11.8. The molecule has 1 atom stereocenters. The van der Waals surface area contributed by atoms with E-state index in [0.29, 0.717) is 10.7 Å². The standard InChI is InChI=1S/C16H17ClN2O3/c1-11(22-16(21)14-8-5-9-19(14)2)15(20)18-10-12-6-3-4-7-13(12)17/h3-9,11H,10H2,1-2H3,(H,18,20)/t11-/m0/s1. The molecule has 0 radical (unpaired) electrons. The third kappa shape index (κ3) is 3.89. The molecule has 116 valence electrons. The van der Waals surface area contributed by atoms with E-state index in [9.17, 15) is 9.59 Å². The van der Waals surface area contributed by atoms with Crippen molar-refractivity contribution in [3.63, 3.8) is 0 Å². The van der Waals surface area contributed by atoms with Crippen LogP contribution in [0, 0.1) is 0 Å². The first-order chi connectivity index (χ1) is 10.5. The van der Waals surface area contributed by atoms with E-state index in [1.165, 1.54) is 6.92 Å². The Morgan fingerprint density at radius 3 is 2.64 bits per heavy atom. The lowest BCUT2D eigenvalue weighted by atomic mass is 10.2. The van der Waals surface area contributed by atoms with Crippen molar-refractivity contribution in [2.45, 2.75) is 19.6 Å². The second kappa shape index (κ2) is 7.13. The van der Waals surface area contributed by atoms with Gasteiger partial charge in [0.2, 0.25) is 0 Å². The summed E-state index contributed by atoms with van der Waals surface area (Å²) in [4.78, 5) is 23.9. The average molecular weight is 321 g/mol. The van der Waals surface area contributed by atoms with Crippen molar-refractivity contribution < 1.29 is 14.3 Å². The van der Waals surface area contributed by atoms with Crippen molar-refractivity contribution in [2.75, 3.05) is 0 Å². The predicted molar refractivity (Wildman–Crippen MR) is 83.6 cm³/mol. The van der Waals surface area contributed by atoms with Crippen molar-refractivity contribution in [1.29, 1.82) is 0 Å². The van der Waals surface area contributed by atoms with Gasteiger partial charge in [0.25, 0.3) is 5.91 Å². The summed E-state index contributed by atoms with van der Waals surface area (Å²) >= 11 is 6.02. The van der Waals surface area contributed by atoms with Crippen molar-refractivity contribution in [3.8, 4) is 0 Å². The van der Waals surface area contributed by atoms with E-state index in [0.717, 1.165) is 5.56 Å². The molecule has 6 heteroatoms. The molecule has 0 spiro atoms. The van der Waals surface area contributed by atoms with Gasteiger partial charge in [-0.25, -0.2) is 4.79 Å². The molecular formula is C16H17ClN2O3. The molecule has 2 rings (SSSR count). The van der Waals surface area contributed by atoms with Crippen LogP contribution in [0.4, 0.5) is 0 Å². The zero-order valence-corrected chi connectivity index (χ0v) is 13.1. The van der Waals surface area contributed by atoms with Gasteiger partial charge in [0.1, 0.15) is 5.69 Å². The number of aromatic nitrogens is 1. The summed E-state index contributed by atoms with van der Waals surface area (Å²) < 4.78 is 6.79. The van der Waals surface area contributed by atoms with Crippen LogP contribution in [0.5, 0.6) is 0 Å². The zero-order valence-electron chi connectivity index (χ0n) is 12.4. The number of nitrogens with zero attached hydrogens (tertiary/aromatic N) is 1. The van der Waals surface area contributed by atoms with E-state index in [4.69, 9.17) is 16.3 Å². The molecule has 5 nitrogen and oxygen atoms in total. The first-order valence-corrected chi connectivity index (χ1v) is 7.20. The number of halogens is 1. The minimum atomic E-state index is -0.884. The SMILES string of the molecule is C[C@H](OC(=O)c1cccn1C)C(=O)NCc1ccccc1Cl. The molecular weight excluding hydrogens is 304 g/mol. The first-order valence-electron chi connectivity index (χ1n) is 6.82. The highest BCUT2D eigenvalue weighted by atomic mass is 35.5. The van der Waals surface area contributed by atoms with Gasteiger partial charge in [0, 0.05) is 24.8 Å². The van der Waals surface area contributed by atoms with Gasteiger partial charge >= 0.3 is 5.97 Å². The van der Waals surface area contributed by atoms with Gasteiger partial charge in [-0.15, -0.1) is 0 Å². The molecule has 0 aliphatic rings. The number of nitrogens with one attached hydrogen (secondary N) is 1. The van der Waals surface area contributed by atoms with Gasteiger partial charge in [0.15, 0.2) is 6.10 Å². The minimum Gasteiger partial charge on any atom is -0.448 e. The molecule has 0 fully saturated rings. The second-order valence-electron chi connectivity index (χ2n) is 4.86. The lowest BCUT2D eigenvalue weighted by Crippen LogP contribution is -2.35. The molecule has 0 bridgehead atoms. The summed E-state index contributed by atoms with van der Waals surface area (Å²) in [6.07, 6.45) is 0.850. The molecule has 1 aromatic carbocycles. The molecule has 0 aliphatic heterocycles. The monoisotopic (exact) mass is 320 g/mol. The van der Waals surface area contributed by atoms with Crippen LogP contribution in [0.3, 0.4) is 0 Å².